The maximum absolute atomic E-state index is 12.6. The van der Waals surface area contributed by atoms with Crippen molar-refractivity contribution in [3.05, 3.63) is 53.9 Å². The average molecular weight is 338 g/mol. The topological polar surface area (TPSA) is 73.4 Å². The minimum atomic E-state index is -0.420. The minimum Gasteiger partial charge on any atom is -0.461 e. The Kier molecular flexibility index (Phi) is 4.61. The Morgan fingerprint density at radius 3 is 2.60 bits per heavy atom. The van der Waals surface area contributed by atoms with Gasteiger partial charge in [-0.05, 0) is 18.6 Å². The Morgan fingerprint density at radius 1 is 1.24 bits per heavy atom. The zero-order chi connectivity index (χ0) is 18.0. The lowest BCUT2D eigenvalue weighted by Gasteiger charge is -2.13. The van der Waals surface area contributed by atoms with E-state index in [2.05, 4.69) is 4.98 Å². The molecule has 3 aromatic rings. The lowest BCUT2D eigenvalue weighted by Crippen LogP contribution is -2.14. The highest BCUT2D eigenvalue weighted by Gasteiger charge is 2.25. The Bertz CT molecular complexity index is 901. The van der Waals surface area contributed by atoms with Crippen LogP contribution in [-0.4, -0.2) is 36.2 Å². The number of rotatable bonds is 5. The third kappa shape index (κ3) is 3.03. The highest BCUT2D eigenvalue weighted by Crippen LogP contribution is 2.35. The summed E-state index contributed by atoms with van der Waals surface area (Å²) >= 11 is 0. The highest BCUT2D eigenvalue weighted by atomic mass is 16.5. The van der Waals surface area contributed by atoms with Crippen LogP contribution in [0.4, 0.5) is 11.5 Å². The molecule has 6 nitrogen and oxygen atoms in total. The van der Waals surface area contributed by atoms with Crippen LogP contribution in [0.5, 0.6) is 0 Å². The average Bonchev–Trinajstić information content (AvgIpc) is 2.88. The fourth-order valence-electron chi connectivity index (χ4n) is 3.00. The van der Waals surface area contributed by atoms with Crippen molar-refractivity contribution >= 4 is 28.4 Å². The third-order valence-corrected chi connectivity index (χ3v) is 4.07. The Hall–Kier alpha value is -3.02. The van der Waals surface area contributed by atoms with Crippen molar-refractivity contribution in [2.24, 2.45) is 0 Å². The van der Waals surface area contributed by atoms with Gasteiger partial charge in [-0.1, -0.05) is 30.3 Å². The molecule has 130 valence electrons. The number of nitrogen functional groups attached to an aromatic ring is 1. The molecule has 0 amide bonds. The summed E-state index contributed by atoms with van der Waals surface area (Å²) in [6.45, 7) is 2.61. The lowest BCUT2D eigenvalue weighted by atomic mass is 10.2. The normalized spacial score (nSPS) is 10.8. The van der Waals surface area contributed by atoms with Crippen molar-refractivity contribution in [3.8, 4) is 0 Å². The van der Waals surface area contributed by atoms with Crippen LogP contribution in [0.25, 0.3) is 10.9 Å². The van der Waals surface area contributed by atoms with E-state index in [-0.39, 0.29) is 0 Å². The molecule has 2 aromatic heterocycles. The van der Waals surface area contributed by atoms with Crippen LogP contribution in [0.3, 0.4) is 0 Å². The monoisotopic (exact) mass is 338 g/mol. The standard InChI is InChI=1S/C19H22N4O2/c1-4-25-19(24)17-16(20)15-14(10-11-21-18(15)22(2)3)23(17)12-13-8-6-5-7-9-13/h5-11H,4,12,20H2,1-3H3. The number of hydrogen-bond donors (Lipinski definition) is 1. The second-order valence-electron chi connectivity index (χ2n) is 5.98. The van der Waals surface area contributed by atoms with Crippen LogP contribution in [0.15, 0.2) is 42.6 Å². The second kappa shape index (κ2) is 6.84. The van der Waals surface area contributed by atoms with E-state index in [0.29, 0.717) is 24.5 Å². The van der Waals surface area contributed by atoms with Crippen molar-refractivity contribution in [3.63, 3.8) is 0 Å². The quantitative estimate of drug-likeness (QED) is 0.724. The van der Waals surface area contributed by atoms with Gasteiger partial charge in [0.05, 0.1) is 23.2 Å². The first-order valence-electron chi connectivity index (χ1n) is 8.19. The van der Waals surface area contributed by atoms with E-state index in [4.69, 9.17) is 10.5 Å². The molecule has 0 bridgehead atoms. The van der Waals surface area contributed by atoms with Gasteiger partial charge in [-0.2, -0.15) is 0 Å². The number of benzene rings is 1. The van der Waals surface area contributed by atoms with Crippen LogP contribution >= 0.6 is 0 Å². The van der Waals surface area contributed by atoms with Crippen molar-refractivity contribution in [1.82, 2.24) is 9.55 Å². The summed E-state index contributed by atoms with van der Waals surface area (Å²) in [5.41, 5.74) is 9.09. The molecule has 0 unspecified atom stereocenters. The van der Waals surface area contributed by atoms with Gasteiger partial charge < -0.3 is 19.9 Å². The Labute approximate surface area is 146 Å². The highest BCUT2D eigenvalue weighted by molar-refractivity contribution is 6.10. The van der Waals surface area contributed by atoms with Gasteiger partial charge in [0, 0.05) is 26.8 Å². The largest absolute Gasteiger partial charge is 0.461 e. The summed E-state index contributed by atoms with van der Waals surface area (Å²) in [5.74, 6) is 0.309. The minimum absolute atomic E-state index is 0.296. The van der Waals surface area contributed by atoms with E-state index < -0.39 is 5.97 Å². The number of nitrogens with zero attached hydrogens (tertiary/aromatic N) is 3. The van der Waals surface area contributed by atoms with E-state index in [1.54, 1.807) is 13.1 Å². The van der Waals surface area contributed by atoms with Crippen LogP contribution < -0.4 is 10.6 Å². The van der Waals surface area contributed by atoms with E-state index in [9.17, 15) is 4.79 Å². The molecule has 0 spiro atoms. The molecule has 1 aromatic carbocycles. The molecule has 0 saturated carbocycles. The first kappa shape index (κ1) is 16.8. The molecule has 0 saturated heterocycles. The van der Waals surface area contributed by atoms with E-state index in [1.807, 2.05) is 60.0 Å². The first-order chi connectivity index (χ1) is 12.0. The van der Waals surface area contributed by atoms with Crippen LogP contribution in [0.2, 0.25) is 0 Å². The van der Waals surface area contributed by atoms with Crippen molar-refractivity contribution in [1.29, 1.82) is 0 Å². The van der Waals surface area contributed by atoms with Gasteiger partial charge in [0.15, 0.2) is 5.69 Å². The van der Waals surface area contributed by atoms with Gasteiger partial charge in [-0.3, -0.25) is 0 Å². The first-order valence-corrected chi connectivity index (χ1v) is 8.19. The zero-order valence-electron chi connectivity index (χ0n) is 14.7. The predicted octanol–water partition coefficient (Wildman–Crippen LogP) is 2.91. The lowest BCUT2D eigenvalue weighted by molar-refractivity contribution is 0.0516. The molecule has 25 heavy (non-hydrogen) atoms. The second-order valence-corrected chi connectivity index (χ2v) is 5.98. The number of anilines is 2. The molecular weight excluding hydrogens is 316 g/mol. The Balaban J connectivity index is 2.26. The smallest absolute Gasteiger partial charge is 0.357 e. The molecule has 0 radical (unpaired) electrons. The molecule has 2 heterocycles. The van der Waals surface area contributed by atoms with Crippen molar-refractivity contribution in [2.45, 2.75) is 13.5 Å². The van der Waals surface area contributed by atoms with E-state index in [0.717, 1.165) is 22.3 Å². The number of hydrogen-bond acceptors (Lipinski definition) is 5. The molecule has 6 heteroatoms. The fourth-order valence-corrected chi connectivity index (χ4v) is 3.00. The summed E-state index contributed by atoms with van der Waals surface area (Å²) in [4.78, 5) is 18.9. The Morgan fingerprint density at radius 2 is 1.96 bits per heavy atom. The molecular formula is C19H22N4O2. The van der Waals surface area contributed by atoms with Gasteiger partial charge in [-0.25, -0.2) is 9.78 Å². The molecule has 0 aliphatic rings. The number of fused-ring (bicyclic) bond motifs is 1. The fraction of sp³-hybridized carbons (Fsp3) is 0.263. The molecule has 0 aliphatic carbocycles. The number of carbonyl (C=O) groups excluding carboxylic acids is 1. The predicted molar refractivity (Wildman–Crippen MR) is 100.0 cm³/mol. The number of ether oxygens (including phenoxy) is 1. The number of pyridine rings is 1. The van der Waals surface area contributed by atoms with Gasteiger partial charge in [0.1, 0.15) is 5.82 Å². The van der Waals surface area contributed by atoms with Crippen LogP contribution in [0.1, 0.15) is 23.0 Å². The number of aromatic nitrogens is 2. The van der Waals surface area contributed by atoms with Crippen molar-refractivity contribution < 1.29 is 9.53 Å². The van der Waals surface area contributed by atoms with Crippen LogP contribution in [-0.2, 0) is 11.3 Å². The summed E-state index contributed by atoms with van der Waals surface area (Å²) in [6, 6.07) is 11.8. The molecule has 0 fully saturated rings. The zero-order valence-corrected chi connectivity index (χ0v) is 14.7. The third-order valence-electron chi connectivity index (χ3n) is 4.07. The molecule has 0 aliphatic heterocycles. The summed E-state index contributed by atoms with van der Waals surface area (Å²) in [7, 11) is 3.81. The van der Waals surface area contributed by atoms with Crippen molar-refractivity contribution in [2.75, 3.05) is 31.3 Å². The SMILES string of the molecule is CCOC(=O)c1c(N)c2c(N(C)C)nccc2n1Cc1ccccc1. The van der Waals surface area contributed by atoms with Gasteiger partial charge in [0.2, 0.25) is 0 Å². The van der Waals surface area contributed by atoms with Gasteiger partial charge >= 0.3 is 5.97 Å². The van der Waals surface area contributed by atoms with E-state index in [1.165, 1.54) is 0 Å². The summed E-state index contributed by atoms with van der Waals surface area (Å²) in [6.07, 6.45) is 1.73. The summed E-state index contributed by atoms with van der Waals surface area (Å²) < 4.78 is 7.15. The molecule has 2 N–H and O–H groups in total. The van der Waals surface area contributed by atoms with Gasteiger partial charge in [0.25, 0.3) is 0 Å². The van der Waals surface area contributed by atoms with Gasteiger partial charge in [-0.15, -0.1) is 0 Å². The molecule has 3 rings (SSSR count). The van der Waals surface area contributed by atoms with Crippen LogP contribution in [0, 0.1) is 0 Å². The van der Waals surface area contributed by atoms with E-state index >= 15 is 0 Å². The number of carbonyl (C=O) groups is 1. The number of nitrogens with two attached hydrogens (primary N) is 1. The molecule has 0 atom stereocenters. The number of esters is 1. The maximum atomic E-state index is 12.6. The summed E-state index contributed by atoms with van der Waals surface area (Å²) in [5, 5.41) is 0.770. The maximum Gasteiger partial charge on any atom is 0.357 e.